The van der Waals surface area contributed by atoms with Gasteiger partial charge in [0, 0.05) is 38.3 Å². The van der Waals surface area contributed by atoms with E-state index in [-0.39, 0.29) is 5.69 Å². The van der Waals surface area contributed by atoms with Gasteiger partial charge >= 0.3 is 5.97 Å². The summed E-state index contributed by atoms with van der Waals surface area (Å²) in [4.78, 5) is 23.6. The summed E-state index contributed by atoms with van der Waals surface area (Å²) in [6.45, 7) is 3.03. The maximum absolute atomic E-state index is 10.9. The summed E-state index contributed by atoms with van der Waals surface area (Å²) < 4.78 is 0. The summed E-state index contributed by atoms with van der Waals surface area (Å²) in [6, 6.07) is 1.76. The molecule has 1 atom stereocenters. The van der Waals surface area contributed by atoms with E-state index in [1.807, 2.05) is 0 Å². The van der Waals surface area contributed by atoms with Gasteiger partial charge in [0.05, 0.1) is 0 Å². The first-order valence-electron chi connectivity index (χ1n) is 6.00. The standard InChI is InChI=1S/C12H18N4O2/c1-15-5-6-16(2)9(8-15)7-11-13-4-3-10(14-11)12(17)18/h3-4,9H,5-8H2,1-2H3,(H,17,18). The molecule has 1 aliphatic heterocycles. The average Bonchev–Trinajstić information content (AvgIpc) is 2.34. The molecule has 1 fully saturated rings. The van der Waals surface area contributed by atoms with Crippen molar-refractivity contribution in [2.75, 3.05) is 33.7 Å². The van der Waals surface area contributed by atoms with Crippen LogP contribution in [0.3, 0.4) is 0 Å². The molecule has 0 radical (unpaired) electrons. The summed E-state index contributed by atoms with van der Waals surface area (Å²) in [7, 11) is 4.17. The van der Waals surface area contributed by atoms with Crippen LogP contribution >= 0.6 is 0 Å². The van der Waals surface area contributed by atoms with Crippen molar-refractivity contribution in [2.45, 2.75) is 12.5 Å². The molecule has 0 aromatic carbocycles. The predicted molar refractivity (Wildman–Crippen MR) is 66.6 cm³/mol. The Labute approximate surface area is 106 Å². The minimum Gasteiger partial charge on any atom is -0.477 e. The van der Waals surface area contributed by atoms with Crippen LogP contribution in [-0.4, -0.2) is 70.6 Å². The number of likely N-dealkylation sites (N-methyl/N-ethyl adjacent to an activating group) is 2. The second-order valence-electron chi connectivity index (χ2n) is 4.76. The molecule has 6 heteroatoms. The second-order valence-corrected chi connectivity index (χ2v) is 4.76. The van der Waals surface area contributed by atoms with Crippen molar-refractivity contribution in [1.29, 1.82) is 0 Å². The first-order chi connectivity index (χ1) is 8.56. The minimum atomic E-state index is -1.01. The van der Waals surface area contributed by atoms with Gasteiger partial charge in [0.15, 0.2) is 5.69 Å². The molecule has 0 amide bonds. The number of hydrogen-bond donors (Lipinski definition) is 1. The minimum absolute atomic E-state index is 0.0619. The lowest BCUT2D eigenvalue weighted by atomic mass is 10.1. The van der Waals surface area contributed by atoms with Gasteiger partial charge in [-0.2, -0.15) is 0 Å². The van der Waals surface area contributed by atoms with Gasteiger partial charge in [0.2, 0.25) is 0 Å². The zero-order chi connectivity index (χ0) is 13.1. The van der Waals surface area contributed by atoms with Crippen molar-refractivity contribution in [3.63, 3.8) is 0 Å². The number of nitrogens with zero attached hydrogens (tertiary/aromatic N) is 4. The highest BCUT2D eigenvalue weighted by Crippen LogP contribution is 2.10. The van der Waals surface area contributed by atoms with Crippen molar-refractivity contribution in [3.05, 3.63) is 23.8 Å². The number of carbonyl (C=O) groups is 1. The van der Waals surface area contributed by atoms with Gasteiger partial charge in [-0.3, -0.25) is 0 Å². The Kier molecular flexibility index (Phi) is 3.88. The molecule has 18 heavy (non-hydrogen) atoms. The fraction of sp³-hybridized carbons (Fsp3) is 0.583. The summed E-state index contributed by atoms with van der Waals surface area (Å²) in [5, 5.41) is 8.90. The molecule has 2 rings (SSSR count). The van der Waals surface area contributed by atoms with Crippen LogP contribution in [-0.2, 0) is 6.42 Å². The zero-order valence-electron chi connectivity index (χ0n) is 10.7. The third-order valence-corrected chi connectivity index (χ3v) is 3.32. The molecular formula is C12H18N4O2. The van der Waals surface area contributed by atoms with Crippen LogP contribution < -0.4 is 0 Å². The lowest BCUT2D eigenvalue weighted by Gasteiger charge is -2.37. The quantitative estimate of drug-likeness (QED) is 0.812. The van der Waals surface area contributed by atoms with E-state index in [0.29, 0.717) is 18.3 Å². The van der Waals surface area contributed by atoms with Crippen LogP contribution in [0, 0.1) is 0 Å². The summed E-state index contributed by atoms with van der Waals surface area (Å²) in [5.41, 5.74) is 0.0619. The van der Waals surface area contributed by atoms with Crippen LogP contribution in [0.2, 0.25) is 0 Å². The topological polar surface area (TPSA) is 69.6 Å². The molecule has 0 aliphatic carbocycles. The van der Waals surface area contributed by atoms with Gasteiger partial charge in [-0.15, -0.1) is 0 Å². The molecule has 1 saturated heterocycles. The van der Waals surface area contributed by atoms with Crippen molar-refractivity contribution in [2.24, 2.45) is 0 Å². The lowest BCUT2D eigenvalue weighted by molar-refractivity contribution is 0.0689. The third kappa shape index (κ3) is 3.02. The highest BCUT2D eigenvalue weighted by molar-refractivity contribution is 5.85. The summed E-state index contributed by atoms with van der Waals surface area (Å²) >= 11 is 0. The van der Waals surface area contributed by atoms with Crippen LogP contribution in [0.4, 0.5) is 0 Å². The van der Waals surface area contributed by atoms with Crippen LogP contribution in [0.5, 0.6) is 0 Å². The van der Waals surface area contributed by atoms with Crippen molar-refractivity contribution in [3.8, 4) is 0 Å². The van der Waals surface area contributed by atoms with Gasteiger partial charge in [-0.25, -0.2) is 14.8 Å². The summed E-state index contributed by atoms with van der Waals surface area (Å²) in [6.07, 6.45) is 2.19. The molecule has 1 unspecified atom stereocenters. The van der Waals surface area contributed by atoms with Crippen LogP contribution in [0.15, 0.2) is 12.3 Å². The highest BCUT2D eigenvalue weighted by Gasteiger charge is 2.23. The van der Waals surface area contributed by atoms with E-state index >= 15 is 0 Å². The van der Waals surface area contributed by atoms with Gasteiger partial charge in [-0.05, 0) is 20.2 Å². The average molecular weight is 250 g/mol. The molecular weight excluding hydrogens is 232 g/mol. The Morgan fingerprint density at radius 2 is 2.28 bits per heavy atom. The molecule has 0 saturated carbocycles. The number of aromatic carboxylic acids is 1. The second kappa shape index (κ2) is 5.41. The van der Waals surface area contributed by atoms with E-state index in [1.54, 1.807) is 0 Å². The molecule has 6 nitrogen and oxygen atoms in total. The smallest absolute Gasteiger partial charge is 0.354 e. The Hall–Kier alpha value is -1.53. The summed E-state index contributed by atoms with van der Waals surface area (Å²) in [5.74, 6) is -0.408. The van der Waals surface area contributed by atoms with E-state index in [9.17, 15) is 4.79 Å². The van der Waals surface area contributed by atoms with Crippen LogP contribution in [0.25, 0.3) is 0 Å². The van der Waals surface area contributed by atoms with Crippen LogP contribution in [0.1, 0.15) is 16.3 Å². The van der Waals surface area contributed by atoms with Crippen molar-refractivity contribution >= 4 is 5.97 Å². The molecule has 1 N–H and O–H groups in total. The Balaban J connectivity index is 2.08. The first-order valence-corrected chi connectivity index (χ1v) is 6.00. The largest absolute Gasteiger partial charge is 0.477 e. The fourth-order valence-electron chi connectivity index (χ4n) is 2.15. The SMILES string of the molecule is CN1CCN(C)C(Cc2nccc(C(=O)O)n2)C1. The molecule has 98 valence electrons. The number of carboxylic acid groups (broad SMARTS) is 1. The van der Waals surface area contributed by atoms with Gasteiger partial charge in [-0.1, -0.05) is 0 Å². The Morgan fingerprint density at radius 3 is 3.00 bits per heavy atom. The van der Waals surface area contributed by atoms with Crippen molar-refractivity contribution < 1.29 is 9.90 Å². The maximum atomic E-state index is 10.9. The number of carboxylic acids is 1. The molecule has 1 aromatic heterocycles. The van der Waals surface area contributed by atoms with Gasteiger partial charge in [0.1, 0.15) is 5.82 Å². The number of rotatable bonds is 3. The van der Waals surface area contributed by atoms with Gasteiger partial charge in [0.25, 0.3) is 0 Å². The van der Waals surface area contributed by atoms with E-state index in [0.717, 1.165) is 19.6 Å². The van der Waals surface area contributed by atoms with E-state index in [4.69, 9.17) is 5.11 Å². The van der Waals surface area contributed by atoms with E-state index in [2.05, 4.69) is 33.9 Å². The lowest BCUT2D eigenvalue weighted by Crippen LogP contribution is -2.51. The number of hydrogen-bond acceptors (Lipinski definition) is 5. The monoisotopic (exact) mass is 250 g/mol. The van der Waals surface area contributed by atoms with E-state index in [1.165, 1.54) is 12.3 Å². The fourth-order valence-corrected chi connectivity index (χ4v) is 2.15. The number of aromatic nitrogens is 2. The molecule has 2 heterocycles. The normalized spacial score (nSPS) is 22.0. The Morgan fingerprint density at radius 1 is 1.50 bits per heavy atom. The first kappa shape index (κ1) is 12.9. The molecule has 0 bridgehead atoms. The number of piperazine rings is 1. The molecule has 0 spiro atoms. The molecule has 1 aromatic rings. The maximum Gasteiger partial charge on any atom is 0.354 e. The third-order valence-electron chi connectivity index (χ3n) is 3.32. The zero-order valence-corrected chi connectivity index (χ0v) is 10.7. The van der Waals surface area contributed by atoms with Crippen molar-refractivity contribution in [1.82, 2.24) is 19.8 Å². The van der Waals surface area contributed by atoms with E-state index < -0.39 is 5.97 Å². The molecule has 1 aliphatic rings. The highest BCUT2D eigenvalue weighted by atomic mass is 16.4. The van der Waals surface area contributed by atoms with Gasteiger partial charge < -0.3 is 14.9 Å². The predicted octanol–water partition coefficient (Wildman–Crippen LogP) is -0.0369. The Bertz CT molecular complexity index is 438.